The highest BCUT2D eigenvalue weighted by molar-refractivity contribution is 5.20. The zero-order valence-corrected chi connectivity index (χ0v) is 8.98. The van der Waals surface area contributed by atoms with Crippen LogP contribution in [0, 0.1) is 0 Å². The lowest BCUT2D eigenvalue weighted by atomic mass is 10.3. The summed E-state index contributed by atoms with van der Waals surface area (Å²) < 4.78 is 0. The molecule has 0 aromatic rings. The van der Waals surface area contributed by atoms with Gasteiger partial charge in [0.1, 0.15) is 0 Å². The molecule has 0 amide bonds. The van der Waals surface area contributed by atoms with E-state index in [1.807, 2.05) is 72.9 Å². The lowest BCUT2D eigenvalue weighted by Crippen LogP contribution is -1.55. The molecule has 2 heteroatoms. The molecule has 0 unspecified atom stereocenters. The molecule has 2 nitrogen and oxygen atoms in total. The second-order valence-electron chi connectivity index (χ2n) is 2.84. The first-order chi connectivity index (χ1) is 8.00. The fourth-order valence-corrected chi connectivity index (χ4v) is 0.895. The van der Waals surface area contributed by atoms with Crippen molar-refractivity contribution < 1.29 is 0 Å². The molecule has 16 heavy (non-hydrogen) atoms. The summed E-state index contributed by atoms with van der Waals surface area (Å²) in [7, 11) is 0. The van der Waals surface area contributed by atoms with Gasteiger partial charge in [-0.05, 0) is 12.2 Å². The molecule has 0 aromatic heterocycles. The largest absolute Gasteiger partial charge is 0.159 e. The third-order valence-electron chi connectivity index (χ3n) is 1.59. The maximum absolute atomic E-state index is 3.82. The molecule has 1 aliphatic rings. The average molecular weight is 210 g/mol. The normalized spacial score (nSPS) is 16.0. The summed E-state index contributed by atoms with van der Waals surface area (Å²) in [5, 5.41) is 7.63. The Morgan fingerprint density at radius 2 is 0.562 bits per heavy atom. The molecule has 0 aromatic carbocycles. The molecule has 0 radical (unpaired) electrons. The minimum Gasteiger partial charge on any atom is -0.159 e. The number of hydrogen-bond acceptors (Lipinski definition) is 2. The zero-order valence-electron chi connectivity index (χ0n) is 8.98. The van der Waals surface area contributed by atoms with E-state index in [0.717, 1.165) is 0 Å². The van der Waals surface area contributed by atoms with Crippen molar-refractivity contribution in [2.24, 2.45) is 10.2 Å². The van der Waals surface area contributed by atoms with E-state index in [4.69, 9.17) is 0 Å². The van der Waals surface area contributed by atoms with Gasteiger partial charge >= 0.3 is 0 Å². The summed E-state index contributed by atoms with van der Waals surface area (Å²) in [6.45, 7) is 0. The highest BCUT2D eigenvalue weighted by Crippen LogP contribution is 1.88. The summed E-state index contributed by atoms with van der Waals surface area (Å²) in [6.07, 6.45) is 26.4. The topological polar surface area (TPSA) is 24.7 Å². The van der Waals surface area contributed by atoms with Gasteiger partial charge in [0, 0.05) is 12.4 Å². The van der Waals surface area contributed by atoms with Gasteiger partial charge in [-0.25, -0.2) is 0 Å². The van der Waals surface area contributed by atoms with E-state index in [9.17, 15) is 0 Å². The highest BCUT2D eigenvalue weighted by atomic mass is 15.1. The number of rotatable bonds is 0. The quantitative estimate of drug-likeness (QED) is 0.570. The summed E-state index contributed by atoms with van der Waals surface area (Å²) in [4.78, 5) is 0. The van der Waals surface area contributed by atoms with Gasteiger partial charge in [-0.1, -0.05) is 60.8 Å². The van der Waals surface area contributed by atoms with Crippen molar-refractivity contribution in [3.63, 3.8) is 0 Å². The Labute approximate surface area is 96.1 Å². The first kappa shape index (κ1) is 11.9. The maximum Gasteiger partial charge on any atom is 0.0495 e. The molecule has 0 atom stereocenters. The zero-order chi connectivity index (χ0) is 11.3. The summed E-state index contributed by atoms with van der Waals surface area (Å²) >= 11 is 0. The smallest absolute Gasteiger partial charge is 0.0495 e. The molecule has 0 bridgehead atoms. The minimum absolute atomic E-state index is 1.64. The molecule has 0 aliphatic carbocycles. The van der Waals surface area contributed by atoms with Crippen molar-refractivity contribution in [3.05, 3.63) is 85.3 Å². The third kappa shape index (κ3) is 7.21. The van der Waals surface area contributed by atoms with Gasteiger partial charge < -0.3 is 0 Å². The Morgan fingerprint density at radius 3 is 0.875 bits per heavy atom. The Kier molecular flexibility index (Phi) is 6.92. The van der Waals surface area contributed by atoms with E-state index in [1.165, 1.54) is 0 Å². The van der Waals surface area contributed by atoms with Crippen LogP contribution in [0.2, 0.25) is 0 Å². The number of allylic oxidation sites excluding steroid dienone is 12. The molecule has 1 rings (SSSR count). The Balaban J connectivity index is 2.67. The lowest BCUT2D eigenvalue weighted by Gasteiger charge is -1.77. The van der Waals surface area contributed by atoms with Gasteiger partial charge in [-0.2, -0.15) is 10.2 Å². The van der Waals surface area contributed by atoms with Crippen LogP contribution < -0.4 is 0 Å². The molecule has 0 saturated carbocycles. The number of hydrogen-bond donors (Lipinski definition) is 0. The van der Waals surface area contributed by atoms with Crippen LogP contribution in [-0.4, -0.2) is 0 Å². The highest BCUT2D eigenvalue weighted by Gasteiger charge is 1.66. The molecule has 1 aliphatic heterocycles. The van der Waals surface area contributed by atoms with Crippen LogP contribution in [0.4, 0.5) is 0 Å². The third-order valence-corrected chi connectivity index (χ3v) is 1.59. The average Bonchev–Trinajstić information content (AvgIpc) is 2.29. The van der Waals surface area contributed by atoms with E-state index >= 15 is 0 Å². The molecule has 0 N–H and O–H groups in total. The van der Waals surface area contributed by atoms with E-state index in [0.29, 0.717) is 0 Å². The molecule has 0 spiro atoms. The number of azo groups is 1. The van der Waals surface area contributed by atoms with E-state index in [-0.39, 0.29) is 0 Å². The predicted molar refractivity (Wildman–Crippen MR) is 68.8 cm³/mol. The van der Waals surface area contributed by atoms with Crippen molar-refractivity contribution in [1.29, 1.82) is 0 Å². The van der Waals surface area contributed by atoms with Crippen LogP contribution in [0.1, 0.15) is 0 Å². The van der Waals surface area contributed by atoms with Crippen LogP contribution >= 0.6 is 0 Å². The van der Waals surface area contributed by atoms with Crippen molar-refractivity contribution in [2.75, 3.05) is 0 Å². The standard InChI is InChI=1S/C14H14N2/c1-2-4-6-8-10-12-14-16-15-13-11-9-7-5-3-1/h1-14H. The Bertz CT molecular complexity index is 250. The summed E-state index contributed by atoms with van der Waals surface area (Å²) in [5.41, 5.74) is 0. The fourth-order valence-electron chi connectivity index (χ4n) is 0.895. The molecular formula is C14H14N2. The van der Waals surface area contributed by atoms with Crippen LogP contribution in [0.3, 0.4) is 0 Å². The van der Waals surface area contributed by atoms with E-state index in [1.54, 1.807) is 12.4 Å². The van der Waals surface area contributed by atoms with Crippen LogP contribution in [-0.2, 0) is 0 Å². The van der Waals surface area contributed by atoms with Gasteiger partial charge in [0.15, 0.2) is 0 Å². The van der Waals surface area contributed by atoms with Gasteiger partial charge in [0.05, 0.1) is 0 Å². The first-order valence-electron chi connectivity index (χ1n) is 5.05. The Morgan fingerprint density at radius 1 is 0.312 bits per heavy atom. The SMILES string of the molecule is C1=CC=CC=CC=CN=NC=CC=CC=C1. The molecule has 1 heterocycles. The second-order valence-corrected chi connectivity index (χ2v) is 2.84. The lowest BCUT2D eigenvalue weighted by molar-refractivity contribution is 1.22. The first-order valence-corrected chi connectivity index (χ1v) is 5.05. The van der Waals surface area contributed by atoms with Crippen molar-refractivity contribution in [1.82, 2.24) is 0 Å². The van der Waals surface area contributed by atoms with Gasteiger partial charge in [-0.15, -0.1) is 0 Å². The minimum atomic E-state index is 1.64. The summed E-state index contributed by atoms with van der Waals surface area (Å²) in [5.74, 6) is 0. The molecule has 0 saturated heterocycles. The van der Waals surface area contributed by atoms with Crippen molar-refractivity contribution in [2.45, 2.75) is 0 Å². The van der Waals surface area contributed by atoms with Crippen molar-refractivity contribution >= 4 is 0 Å². The molecule has 0 fully saturated rings. The van der Waals surface area contributed by atoms with Crippen LogP contribution in [0.15, 0.2) is 95.5 Å². The number of nitrogens with zero attached hydrogens (tertiary/aromatic N) is 2. The predicted octanol–water partition coefficient (Wildman–Crippen LogP) is 4.26. The van der Waals surface area contributed by atoms with Crippen LogP contribution in [0.5, 0.6) is 0 Å². The van der Waals surface area contributed by atoms with Gasteiger partial charge in [-0.3, -0.25) is 0 Å². The van der Waals surface area contributed by atoms with E-state index in [2.05, 4.69) is 10.2 Å². The van der Waals surface area contributed by atoms with Crippen molar-refractivity contribution in [3.8, 4) is 0 Å². The fraction of sp³-hybridized carbons (Fsp3) is 0. The Hall–Kier alpha value is -2.22. The molecule has 80 valence electrons. The molecular weight excluding hydrogens is 196 g/mol. The van der Waals surface area contributed by atoms with E-state index < -0.39 is 0 Å². The van der Waals surface area contributed by atoms with Gasteiger partial charge in [0.2, 0.25) is 0 Å². The summed E-state index contributed by atoms with van der Waals surface area (Å²) in [6, 6.07) is 0. The van der Waals surface area contributed by atoms with Gasteiger partial charge in [0.25, 0.3) is 0 Å². The second kappa shape index (κ2) is 9.34. The monoisotopic (exact) mass is 210 g/mol. The van der Waals surface area contributed by atoms with Crippen LogP contribution in [0.25, 0.3) is 0 Å². The maximum atomic E-state index is 3.82.